The van der Waals surface area contributed by atoms with E-state index in [-0.39, 0.29) is 34.1 Å². The molecule has 224 valence electrons. The first-order valence-electron chi connectivity index (χ1n) is 11.9. The molecular weight excluding hydrogens is 630 g/mol. The second-order valence-corrected chi connectivity index (χ2v) is 12.3. The van der Waals surface area contributed by atoms with Crippen molar-refractivity contribution >= 4 is 20.2 Å². The molecule has 8 nitrogen and oxygen atoms in total. The maximum Gasteiger partial charge on any atom is 0.534 e. The molecule has 1 spiro atoms. The molecule has 0 atom stereocenters. The number of fused-ring (bicyclic) bond motifs is 8. The Bertz CT molecular complexity index is 1860. The molecular formula is C27H14F6O8S2. The fraction of sp³-hybridized carbons (Fsp3) is 0.111. The quantitative estimate of drug-likeness (QED) is 0.118. The van der Waals surface area contributed by atoms with Gasteiger partial charge >= 0.3 is 31.3 Å². The number of hydrogen-bond acceptors (Lipinski definition) is 8. The summed E-state index contributed by atoms with van der Waals surface area (Å²) in [6.07, 6.45) is 0. The third kappa shape index (κ3) is 4.43. The predicted octanol–water partition coefficient (Wildman–Crippen LogP) is 6.74. The molecule has 0 bridgehead atoms. The van der Waals surface area contributed by atoms with Crippen LogP contribution in [0.5, 0.6) is 34.5 Å². The Morgan fingerprint density at radius 3 is 1.23 bits per heavy atom. The molecule has 16 heteroatoms. The van der Waals surface area contributed by atoms with Crippen LogP contribution in [0, 0.1) is 0 Å². The van der Waals surface area contributed by atoms with E-state index in [0.29, 0.717) is 11.1 Å². The standard InChI is InChI=1S/C27H14F6O8S2/c28-26(29,30)42(34,35)40-15-9-11-19-23(13-15)38-21-7-3-1-5-17(21)25(19)18-6-2-4-8-22(18)39-24-14-16(10-12-20(24)25)41-43(36,37)27(31,32)33/h1-14H. The largest absolute Gasteiger partial charge is 0.534 e. The highest BCUT2D eigenvalue weighted by atomic mass is 32.2. The second kappa shape index (κ2) is 9.28. The molecule has 6 rings (SSSR count). The molecule has 0 N–H and O–H groups in total. The molecule has 0 amide bonds. The minimum Gasteiger partial charge on any atom is -0.457 e. The number of hydrogen-bond donors (Lipinski definition) is 0. The van der Waals surface area contributed by atoms with Crippen LogP contribution in [0.25, 0.3) is 0 Å². The number of rotatable bonds is 4. The van der Waals surface area contributed by atoms with E-state index in [0.717, 1.165) is 24.3 Å². The molecule has 4 aromatic carbocycles. The first-order chi connectivity index (χ1) is 20.0. The van der Waals surface area contributed by atoms with Crippen LogP contribution in [0.1, 0.15) is 22.3 Å². The Balaban J connectivity index is 1.60. The molecule has 0 unspecified atom stereocenters. The number of halogens is 6. The predicted molar refractivity (Wildman–Crippen MR) is 136 cm³/mol. The molecule has 0 saturated carbocycles. The van der Waals surface area contributed by atoms with Crippen molar-refractivity contribution in [3.05, 3.63) is 107 Å². The number of alkyl halides is 6. The van der Waals surface area contributed by atoms with E-state index in [9.17, 15) is 43.2 Å². The van der Waals surface area contributed by atoms with Gasteiger partial charge < -0.3 is 17.8 Å². The van der Waals surface area contributed by atoms with Gasteiger partial charge in [0.1, 0.15) is 34.5 Å². The summed E-state index contributed by atoms with van der Waals surface area (Å²) in [5.74, 6) is -1.20. The van der Waals surface area contributed by atoms with Gasteiger partial charge in [-0.25, -0.2) is 0 Å². The van der Waals surface area contributed by atoms with E-state index in [1.54, 1.807) is 48.5 Å². The summed E-state index contributed by atoms with van der Waals surface area (Å²) in [7, 11) is -12.0. The van der Waals surface area contributed by atoms with Gasteiger partial charge in [0.15, 0.2) is 0 Å². The molecule has 2 heterocycles. The topological polar surface area (TPSA) is 105 Å². The van der Waals surface area contributed by atoms with Crippen molar-refractivity contribution in [2.75, 3.05) is 0 Å². The molecule has 0 aromatic heterocycles. The molecule has 4 aromatic rings. The number of benzene rings is 4. The number of para-hydroxylation sites is 2. The van der Waals surface area contributed by atoms with E-state index in [1.807, 2.05) is 0 Å². The van der Waals surface area contributed by atoms with Crippen LogP contribution in [-0.2, 0) is 25.7 Å². The van der Waals surface area contributed by atoms with Crippen molar-refractivity contribution in [2.24, 2.45) is 0 Å². The van der Waals surface area contributed by atoms with Crippen LogP contribution in [0.15, 0.2) is 84.9 Å². The lowest BCUT2D eigenvalue weighted by Gasteiger charge is -2.44. The summed E-state index contributed by atoms with van der Waals surface area (Å²) in [4.78, 5) is 0. The molecule has 0 fully saturated rings. The first kappa shape index (κ1) is 28.7. The molecule has 0 radical (unpaired) electrons. The Kier molecular flexibility index (Phi) is 6.19. The molecule has 0 saturated heterocycles. The van der Waals surface area contributed by atoms with Crippen LogP contribution in [0.4, 0.5) is 26.3 Å². The first-order valence-corrected chi connectivity index (χ1v) is 14.7. The average molecular weight is 645 g/mol. The van der Waals surface area contributed by atoms with E-state index in [1.165, 1.54) is 12.1 Å². The van der Waals surface area contributed by atoms with Crippen LogP contribution < -0.4 is 17.8 Å². The Labute approximate surface area is 239 Å². The van der Waals surface area contributed by atoms with Gasteiger partial charge in [-0.1, -0.05) is 36.4 Å². The lowest BCUT2D eigenvalue weighted by Crippen LogP contribution is -2.37. The third-order valence-corrected chi connectivity index (χ3v) is 8.67. The lowest BCUT2D eigenvalue weighted by molar-refractivity contribution is -0.0504. The highest BCUT2D eigenvalue weighted by Gasteiger charge is 2.52. The van der Waals surface area contributed by atoms with Crippen LogP contribution in [0.2, 0.25) is 0 Å². The smallest absolute Gasteiger partial charge is 0.457 e. The summed E-state index contributed by atoms with van der Waals surface area (Å²) < 4.78 is 145. The van der Waals surface area contributed by atoms with Crippen molar-refractivity contribution in [2.45, 2.75) is 16.4 Å². The SMILES string of the molecule is O=S(=O)(Oc1ccc2c(c1)Oc1ccccc1C21c2ccccc2Oc2cc(OS(=O)(=O)C(F)(F)F)ccc21)C(F)(F)F. The average Bonchev–Trinajstić information content (AvgIpc) is 2.91. The molecule has 0 aliphatic carbocycles. The normalized spacial score (nSPS) is 15.2. The van der Waals surface area contributed by atoms with Crippen molar-refractivity contribution < 1.29 is 61.0 Å². The minimum atomic E-state index is -6.02. The third-order valence-electron chi connectivity index (χ3n) is 6.71. The molecule has 2 aliphatic heterocycles. The van der Waals surface area contributed by atoms with Crippen LogP contribution >= 0.6 is 0 Å². The van der Waals surface area contributed by atoms with Gasteiger partial charge in [-0.05, 0) is 36.4 Å². The van der Waals surface area contributed by atoms with Gasteiger partial charge in [0.2, 0.25) is 0 Å². The maximum atomic E-state index is 13.0. The van der Waals surface area contributed by atoms with Gasteiger partial charge in [-0.3, -0.25) is 0 Å². The minimum absolute atomic E-state index is 0.101. The molecule has 2 aliphatic rings. The van der Waals surface area contributed by atoms with E-state index in [4.69, 9.17) is 9.47 Å². The zero-order valence-corrected chi connectivity index (χ0v) is 22.6. The van der Waals surface area contributed by atoms with Gasteiger partial charge in [0.05, 0.1) is 5.41 Å². The Hall–Kier alpha value is -4.44. The summed E-state index contributed by atoms with van der Waals surface area (Å²) in [5, 5.41) is 0. The zero-order valence-electron chi connectivity index (χ0n) is 20.9. The van der Waals surface area contributed by atoms with Crippen LogP contribution in [0.3, 0.4) is 0 Å². The van der Waals surface area contributed by atoms with Crippen LogP contribution in [-0.4, -0.2) is 27.9 Å². The highest BCUT2D eigenvalue weighted by molar-refractivity contribution is 7.88. The Morgan fingerprint density at radius 1 is 0.512 bits per heavy atom. The summed E-state index contributed by atoms with van der Waals surface area (Å²) >= 11 is 0. The molecule has 43 heavy (non-hydrogen) atoms. The van der Waals surface area contributed by atoms with Crippen molar-refractivity contribution in [3.8, 4) is 34.5 Å². The second-order valence-electron chi connectivity index (χ2n) is 9.23. The van der Waals surface area contributed by atoms with E-state index < -0.39 is 48.2 Å². The maximum absolute atomic E-state index is 13.0. The van der Waals surface area contributed by atoms with Gasteiger partial charge in [0, 0.05) is 34.4 Å². The Morgan fingerprint density at radius 2 is 0.860 bits per heavy atom. The van der Waals surface area contributed by atoms with Crippen molar-refractivity contribution in [1.29, 1.82) is 0 Å². The van der Waals surface area contributed by atoms with E-state index in [2.05, 4.69) is 8.37 Å². The zero-order chi connectivity index (χ0) is 31.0. The fourth-order valence-corrected chi connectivity index (χ4v) is 5.99. The van der Waals surface area contributed by atoms with Crippen molar-refractivity contribution in [3.63, 3.8) is 0 Å². The highest BCUT2D eigenvalue weighted by Crippen LogP contribution is 2.62. The summed E-state index contributed by atoms with van der Waals surface area (Å²) in [6, 6.07) is 19.5. The fourth-order valence-electron chi connectivity index (χ4n) is 5.08. The summed E-state index contributed by atoms with van der Waals surface area (Å²) in [5.41, 5.74) is -11.3. The van der Waals surface area contributed by atoms with Gasteiger partial charge in [-0.2, -0.15) is 43.2 Å². The van der Waals surface area contributed by atoms with E-state index >= 15 is 0 Å². The monoisotopic (exact) mass is 644 g/mol. The van der Waals surface area contributed by atoms with Crippen molar-refractivity contribution in [1.82, 2.24) is 0 Å². The lowest BCUT2D eigenvalue weighted by atomic mass is 9.62. The van der Waals surface area contributed by atoms with Gasteiger partial charge in [-0.15, -0.1) is 0 Å². The summed E-state index contributed by atoms with van der Waals surface area (Å²) in [6.45, 7) is 0. The number of ether oxygens (including phenoxy) is 2. The van der Waals surface area contributed by atoms with Gasteiger partial charge in [0.25, 0.3) is 0 Å².